The van der Waals surface area contributed by atoms with Gasteiger partial charge in [0.25, 0.3) is 0 Å². The molecule has 0 saturated carbocycles. The summed E-state index contributed by atoms with van der Waals surface area (Å²) in [6.07, 6.45) is -0.558. The molecule has 0 atom stereocenters. The first kappa shape index (κ1) is 15.1. The molecule has 5 nitrogen and oxygen atoms in total. The predicted octanol–water partition coefficient (Wildman–Crippen LogP) is 4.28. The average Bonchev–Trinajstić information content (AvgIpc) is 3.03. The van der Waals surface area contributed by atoms with Crippen LogP contribution in [-0.2, 0) is 6.54 Å². The van der Waals surface area contributed by atoms with Gasteiger partial charge in [0, 0.05) is 16.7 Å². The van der Waals surface area contributed by atoms with Crippen LogP contribution >= 0.6 is 11.6 Å². The van der Waals surface area contributed by atoms with Crippen molar-refractivity contribution in [3.63, 3.8) is 0 Å². The molecule has 3 aromatic rings. The van der Waals surface area contributed by atoms with Crippen LogP contribution in [0.3, 0.4) is 0 Å². The van der Waals surface area contributed by atoms with Gasteiger partial charge in [-0.05, 0) is 24.3 Å². The monoisotopic (exact) mass is 328 g/mol. The molecule has 1 amide bonds. The number of aromatic nitrogens is 1. The van der Waals surface area contributed by atoms with E-state index in [0.29, 0.717) is 22.2 Å². The van der Waals surface area contributed by atoms with E-state index in [1.807, 2.05) is 18.2 Å². The van der Waals surface area contributed by atoms with E-state index in [4.69, 9.17) is 20.9 Å². The molecule has 0 aliphatic rings. The van der Waals surface area contributed by atoms with Gasteiger partial charge in [-0.2, -0.15) is 0 Å². The second-order valence-electron chi connectivity index (χ2n) is 4.74. The summed E-state index contributed by atoms with van der Waals surface area (Å²) < 4.78 is 10.3. The Labute approximate surface area is 137 Å². The Kier molecular flexibility index (Phi) is 4.59. The van der Waals surface area contributed by atoms with E-state index in [0.717, 1.165) is 5.56 Å². The lowest BCUT2D eigenvalue weighted by Crippen LogP contribution is -2.26. The van der Waals surface area contributed by atoms with Crippen molar-refractivity contribution in [3.05, 3.63) is 71.4 Å². The molecular formula is C17H13ClN2O3. The Balaban J connectivity index is 1.58. The second-order valence-corrected chi connectivity index (χ2v) is 5.18. The minimum Gasteiger partial charge on any atom is -0.410 e. The highest BCUT2D eigenvalue weighted by atomic mass is 35.5. The molecule has 0 spiro atoms. The van der Waals surface area contributed by atoms with Gasteiger partial charge in [-0.1, -0.05) is 47.1 Å². The number of benzene rings is 2. The first-order valence-corrected chi connectivity index (χ1v) is 7.31. The minimum atomic E-state index is -0.558. The van der Waals surface area contributed by atoms with Crippen LogP contribution in [0.5, 0.6) is 5.75 Å². The molecule has 23 heavy (non-hydrogen) atoms. The van der Waals surface area contributed by atoms with Gasteiger partial charge in [0.15, 0.2) is 5.76 Å². The molecule has 0 bridgehead atoms. The van der Waals surface area contributed by atoms with Crippen molar-refractivity contribution in [2.45, 2.75) is 6.54 Å². The van der Waals surface area contributed by atoms with Gasteiger partial charge in [-0.3, -0.25) is 0 Å². The number of carbonyl (C=O) groups excluding carboxylic acids is 1. The number of hydrogen-bond donors (Lipinski definition) is 1. The lowest BCUT2D eigenvalue weighted by atomic mass is 10.1. The summed E-state index contributed by atoms with van der Waals surface area (Å²) in [7, 11) is 0. The van der Waals surface area contributed by atoms with Crippen LogP contribution in [-0.4, -0.2) is 11.2 Å². The second kappa shape index (κ2) is 6.98. The van der Waals surface area contributed by atoms with Gasteiger partial charge in [0.05, 0.1) is 6.54 Å². The molecule has 0 radical (unpaired) electrons. The van der Waals surface area contributed by atoms with E-state index in [1.54, 1.807) is 42.5 Å². The molecule has 0 aliphatic carbocycles. The first-order valence-electron chi connectivity index (χ1n) is 6.93. The zero-order chi connectivity index (χ0) is 16.1. The van der Waals surface area contributed by atoms with Crippen molar-refractivity contribution in [2.75, 3.05) is 0 Å². The first-order chi connectivity index (χ1) is 11.2. The number of ether oxygens (including phenoxy) is 1. The fourth-order valence-corrected chi connectivity index (χ4v) is 2.16. The van der Waals surface area contributed by atoms with Crippen LogP contribution in [0.4, 0.5) is 4.79 Å². The van der Waals surface area contributed by atoms with Gasteiger partial charge < -0.3 is 14.6 Å². The molecule has 0 unspecified atom stereocenters. The standard InChI is InChI=1S/C17H13ClN2O3/c18-13-6-4-5-12(9-13)16-10-15(23-20-16)11-19-17(21)22-14-7-2-1-3-8-14/h1-10H,11H2,(H,19,21). The SMILES string of the molecule is O=C(NCc1cc(-c2cccc(Cl)c2)no1)Oc1ccccc1. The average molecular weight is 329 g/mol. The number of nitrogens with zero attached hydrogens (tertiary/aromatic N) is 1. The van der Waals surface area contributed by atoms with Crippen molar-refractivity contribution < 1.29 is 14.1 Å². The number of halogens is 1. The molecule has 1 N–H and O–H groups in total. The maximum Gasteiger partial charge on any atom is 0.412 e. The molecule has 0 aliphatic heterocycles. The van der Waals surface area contributed by atoms with Gasteiger partial charge in [0.1, 0.15) is 11.4 Å². The van der Waals surface area contributed by atoms with Crippen molar-refractivity contribution in [1.29, 1.82) is 0 Å². The number of nitrogens with one attached hydrogen (secondary N) is 1. The Bertz CT molecular complexity index is 802. The fourth-order valence-electron chi connectivity index (χ4n) is 1.97. The van der Waals surface area contributed by atoms with E-state index in [-0.39, 0.29) is 6.54 Å². The molecule has 116 valence electrons. The van der Waals surface area contributed by atoms with Crippen molar-refractivity contribution in [2.24, 2.45) is 0 Å². The zero-order valence-electron chi connectivity index (χ0n) is 12.0. The predicted molar refractivity (Wildman–Crippen MR) is 86.3 cm³/mol. The highest BCUT2D eigenvalue weighted by molar-refractivity contribution is 6.30. The maximum absolute atomic E-state index is 11.7. The van der Waals surface area contributed by atoms with Gasteiger partial charge >= 0.3 is 6.09 Å². The zero-order valence-corrected chi connectivity index (χ0v) is 12.8. The minimum absolute atomic E-state index is 0.180. The topological polar surface area (TPSA) is 64.4 Å². The molecule has 1 heterocycles. The Morgan fingerprint density at radius 2 is 1.96 bits per heavy atom. The molecule has 6 heteroatoms. The van der Waals surface area contributed by atoms with Crippen LogP contribution in [0.1, 0.15) is 5.76 Å². The summed E-state index contributed by atoms with van der Waals surface area (Å²) in [6, 6.07) is 17.9. The van der Waals surface area contributed by atoms with E-state index in [9.17, 15) is 4.79 Å². The third-order valence-electron chi connectivity index (χ3n) is 3.04. The summed E-state index contributed by atoms with van der Waals surface area (Å²) in [5.74, 6) is 0.993. The van der Waals surface area contributed by atoms with Crippen molar-refractivity contribution in [3.8, 4) is 17.0 Å². The number of para-hydroxylation sites is 1. The normalized spacial score (nSPS) is 10.3. The van der Waals surface area contributed by atoms with E-state index in [1.165, 1.54) is 0 Å². The fraction of sp³-hybridized carbons (Fsp3) is 0.0588. The van der Waals surface area contributed by atoms with E-state index < -0.39 is 6.09 Å². The maximum atomic E-state index is 11.7. The lowest BCUT2D eigenvalue weighted by Gasteiger charge is -2.04. The molecule has 3 rings (SSSR count). The largest absolute Gasteiger partial charge is 0.412 e. The van der Waals surface area contributed by atoms with E-state index >= 15 is 0 Å². The van der Waals surface area contributed by atoms with Gasteiger partial charge in [-0.15, -0.1) is 0 Å². The highest BCUT2D eigenvalue weighted by Gasteiger charge is 2.09. The number of amides is 1. The van der Waals surface area contributed by atoms with Crippen LogP contribution in [0.15, 0.2) is 65.2 Å². The third kappa shape index (κ3) is 4.11. The van der Waals surface area contributed by atoms with Crippen molar-refractivity contribution in [1.82, 2.24) is 10.5 Å². The molecule has 0 fully saturated rings. The summed E-state index contributed by atoms with van der Waals surface area (Å²) in [5.41, 5.74) is 1.50. The number of rotatable bonds is 4. The molecule has 0 saturated heterocycles. The summed E-state index contributed by atoms with van der Waals surface area (Å²) in [5, 5.41) is 7.19. The Morgan fingerprint density at radius 1 is 1.13 bits per heavy atom. The van der Waals surface area contributed by atoms with Crippen LogP contribution < -0.4 is 10.1 Å². The van der Waals surface area contributed by atoms with Gasteiger partial charge in [-0.25, -0.2) is 4.79 Å². The Morgan fingerprint density at radius 3 is 2.74 bits per heavy atom. The third-order valence-corrected chi connectivity index (χ3v) is 3.28. The van der Waals surface area contributed by atoms with Crippen LogP contribution in [0.2, 0.25) is 5.02 Å². The smallest absolute Gasteiger partial charge is 0.410 e. The molecular weight excluding hydrogens is 316 g/mol. The highest BCUT2D eigenvalue weighted by Crippen LogP contribution is 2.22. The number of hydrogen-bond acceptors (Lipinski definition) is 4. The molecule has 2 aromatic carbocycles. The van der Waals surface area contributed by atoms with E-state index in [2.05, 4.69) is 10.5 Å². The summed E-state index contributed by atoms with van der Waals surface area (Å²) in [4.78, 5) is 11.7. The van der Waals surface area contributed by atoms with Gasteiger partial charge in [0.2, 0.25) is 0 Å². The Hall–Kier alpha value is -2.79. The molecule has 1 aromatic heterocycles. The summed E-state index contributed by atoms with van der Waals surface area (Å²) in [6.45, 7) is 0.180. The summed E-state index contributed by atoms with van der Waals surface area (Å²) >= 11 is 5.95. The van der Waals surface area contributed by atoms with Crippen LogP contribution in [0.25, 0.3) is 11.3 Å². The quantitative estimate of drug-likeness (QED) is 0.776. The lowest BCUT2D eigenvalue weighted by molar-refractivity contribution is 0.198. The number of carbonyl (C=O) groups is 1. The van der Waals surface area contributed by atoms with Crippen molar-refractivity contribution >= 4 is 17.7 Å². The van der Waals surface area contributed by atoms with Crippen LogP contribution in [0, 0.1) is 0 Å².